The van der Waals surface area contributed by atoms with Crippen LogP contribution in [0.4, 0.5) is 0 Å². The van der Waals surface area contributed by atoms with Crippen LogP contribution < -0.4 is 5.50 Å². The Labute approximate surface area is 133 Å². The minimum atomic E-state index is -3.81. The Hall–Kier alpha value is 1.19. The van der Waals surface area contributed by atoms with Gasteiger partial charge in [0.1, 0.15) is 0 Å². The van der Waals surface area contributed by atoms with Crippen LogP contribution >= 0.6 is 54.2 Å². The number of hydroxylamine groups is 4. The van der Waals surface area contributed by atoms with Crippen molar-refractivity contribution in [3.05, 3.63) is 0 Å². The molecule has 0 saturated heterocycles. The Morgan fingerprint density at radius 1 is 0.789 bits per heavy atom. The number of alkyl halides is 4. The monoisotopic (exact) mass is 375 g/mol. The molecule has 0 atom stereocenters. The SMILES string of the molecule is NP(=O)(ON(CCCl)CCCl)ON(CCCl)CCCl. The molecule has 0 amide bonds. The summed E-state index contributed by atoms with van der Waals surface area (Å²) in [6, 6.07) is 0. The molecule has 0 spiro atoms. The molecule has 0 rings (SSSR count). The summed E-state index contributed by atoms with van der Waals surface area (Å²) in [6.45, 7) is 1.29. The van der Waals surface area contributed by atoms with Gasteiger partial charge in [0, 0.05) is 49.7 Å². The first-order valence-corrected chi connectivity index (χ1v) is 9.25. The van der Waals surface area contributed by atoms with Gasteiger partial charge in [0.2, 0.25) is 0 Å². The molecule has 6 nitrogen and oxygen atoms in total. The van der Waals surface area contributed by atoms with Gasteiger partial charge in [-0.15, -0.1) is 46.4 Å². The first kappa shape index (κ1) is 20.2. The third kappa shape index (κ3) is 10.5. The Bertz CT molecular complexity index is 244. The Morgan fingerprint density at radius 2 is 1.05 bits per heavy atom. The molecule has 0 unspecified atom stereocenters. The Balaban J connectivity index is 4.42. The summed E-state index contributed by atoms with van der Waals surface area (Å²) in [5, 5.41) is 2.61. The molecule has 19 heavy (non-hydrogen) atoms. The van der Waals surface area contributed by atoms with Crippen LogP contribution in [-0.4, -0.2) is 59.8 Å². The van der Waals surface area contributed by atoms with E-state index in [1.807, 2.05) is 0 Å². The van der Waals surface area contributed by atoms with E-state index in [4.69, 9.17) is 61.2 Å². The number of rotatable bonds is 12. The van der Waals surface area contributed by atoms with Gasteiger partial charge in [0.15, 0.2) is 0 Å². The second-order valence-electron chi connectivity index (χ2n) is 3.32. The van der Waals surface area contributed by atoms with Crippen LogP contribution in [0.15, 0.2) is 0 Å². The van der Waals surface area contributed by atoms with E-state index < -0.39 is 7.75 Å². The van der Waals surface area contributed by atoms with Gasteiger partial charge in [-0.3, -0.25) is 0 Å². The maximum atomic E-state index is 12.0. The number of hydrogen-bond donors (Lipinski definition) is 1. The van der Waals surface area contributed by atoms with Crippen LogP contribution in [0.3, 0.4) is 0 Å². The highest BCUT2D eigenvalue weighted by Crippen LogP contribution is 2.41. The summed E-state index contributed by atoms with van der Waals surface area (Å²) in [5.74, 6) is 1.13. The highest BCUT2D eigenvalue weighted by molar-refractivity contribution is 7.51. The van der Waals surface area contributed by atoms with Gasteiger partial charge in [-0.25, -0.2) is 19.3 Å². The van der Waals surface area contributed by atoms with E-state index in [0.29, 0.717) is 26.2 Å². The molecular formula is C8H18Cl4N3O3P. The molecule has 0 aromatic heterocycles. The largest absolute Gasteiger partial charge is 0.436 e. The third-order valence-corrected chi connectivity index (χ3v) is 3.39. The van der Waals surface area contributed by atoms with Crippen molar-refractivity contribution in [1.82, 2.24) is 10.1 Å². The van der Waals surface area contributed by atoms with Gasteiger partial charge >= 0.3 is 7.75 Å². The van der Waals surface area contributed by atoms with Gasteiger partial charge < -0.3 is 0 Å². The smallest absolute Gasteiger partial charge is 0.238 e. The van der Waals surface area contributed by atoms with Crippen LogP contribution in [0.5, 0.6) is 0 Å². The van der Waals surface area contributed by atoms with E-state index in [1.54, 1.807) is 0 Å². The molecule has 0 fully saturated rings. The second-order valence-corrected chi connectivity index (χ2v) is 6.24. The summed E-state index contributed by atoms with van der Waals surface area (Å²) < 4.78 is 22.2. The van der Waals surface area contributed by atoms with Crippen molar-refractivity contribution in [2.75, 3.05) is 49.7 Å². The first-order valence-electron chi connectivity index (χ1n) is 5.51. The zero-order chi connectivity index (χ0) is 14.7. The molecule has 0 aromatic rings. The summed E-state index contributed by atoms with van der Waals surface area (Å²) in [7, 11) is -3.81. The van der Waals surface area contributed by atoms with Crippen LogP contribution in [-0.2, 0) is 13.8 Å². The zero-order valence-corrected chi connectivity index (χ0v) is 14.2. The minimum Gasteiger partial charge on any atom is -0.238 e. The van der Waals surface area contributed by atoms with E-state index in [-0.39, 0.29) is 23.5 Å². The maximum absolute atomic E-state index is 12.0. The first-order chi connectivity index (χ1) is 8.99. The van der Waals surface area contributed by atoms with Crippen LogP contribution in [0.25, 0.3) is 0 Å². The van der Waals surface area contributed by atoms with Crippen LogP contribution in [0, 0.1) is 0 Å². The molecule has 11 heteroatoms. The van der Waals surface area contributed by atoms with Gasteiger partial charge in [0.25, 0.3) is 0 Å². The normalized spacial score (nSPS) is 12.6. The lowest BCUT2D eigenvalue weighted by Crippen LogP contribution is -2.33. The fourth-order valence-corrected chi connectivity index (χ4v) is 2.86. The van der Waals surface area contributed by atoms with Crippen molar-refractivity contribution in [1.29, 1.82) is 0 Å². The lowest BCUT2D eigenvalue weighted by Gasteiger charge is -2.27. The van der Waals surface area contributed by atoms with Crippen molar-refractivity contribution in [2.45, 2.75) is 0 Å². The van der Waals surface area contributed by atoms with E-state index in [1.165, 1.54) is 10.1 Å². The molecule has 0 heterocycles. The summed E-state index contributed by atoms with van der Waals surface area (Å²) in [4.78, 5) is 0. The number of hydrogen-bond acceptors (Lipinski definition) is 5. The third-order valence-electron chi connectivity index (χ3n) is 1.79. The molecule has 0 bridgehead atoms. The van der Waals surface area contributed by atoms with E-state index in [9.17, 15) is 4.57 Å². The fraction of sp³-hybridized carbons (Fsp3) is 1.00. The van der Waals surface area contributed by atoms with Crippen LogP contribution in [0.1, 0.15) is 0 Å². The number of nitrogens with zero attached hydrogens (tertiary/aromatic N) is 2. The molecule has 0 aromatic carbocycles. The van der Waals surface area contributed by atoms with Crippen molar-refractivity contribution >= 4 is 54.2 Å². The predicted molar refractivity (Wildman–Crippen MR) is 80.0 cm³/mol. The van der Waals surface area contributed by atoms with Gasteiger partial charge in [-0.1, -0.05) is 0 Å². The van der Waals surface area contributed by atoms with Crippen molar-refractivity contribution in [3.8, 4) is 0 Å². The summed E-state index contributed by atoms with van der Waals surface area (Å²) >= 11 is 22.3. The average molecular weight is 377 g/mol. The van der Waals surface area contributed by atoms with E-state index in [2.05, 4.69) is 0 Å². The minimum absolute atomic E-state index is 0.282. The molecule has 116 valence electrons. The number of nitrogens with two attached hydrogens (primary N) is 1. The quantitative estimate of drug-likeness (QED) is 0.320. The van der Waals surface area contributed by atoms with Gasteiger partial charge in [-0.05, 0) is 0 Å². The fourth-order valence-electron chi connectivity index (χ4n) is 1.10. The zero-order valence-electron chi connectivity index (χ0n) is 10.3. The van der Waals surface area contributed by atoms with Crippen molar-refractivity contribution in [2.24, 2.45) is 5.50 Å². The van der Waals surface area contributed by atoms with Crippen molar-refractivity contribution < 1.29 is 13.8 Å². The lowest BCUT2D eigenvalue weighted by molar-refractivity contribution is -0.114. The lowest BCUT2D eigenvalue weighted by atomic mass is 10.6. The molecule has 0 radical (unpaired) electrons. The Morgan fingerprint density at radius 3 is 1.26 bits per heavy atom. The van der Waals surface area contributed by atoms with Gasteiger partial charge in [0.05, 0.1) is 0 Å². The molecule has 0 aliphatic rings. The van der Waals surface area contributed by atoms with E-state index >= 15 is 0 Å². The second kappa shape index (κ2) is 11.8. The molecule has 0 aliphatic heterocycles. The summed E-state index contributed by atoms with van der Waals surface area (Å²) in [6.07, 6.45) is 0. The maximum Gasteiger partial charge on any atom is 0.436 e. The molecule has 2 N–H and O–H groups in total. The predicted octanol–water partition coefficient (Wildman–Crippen LogP) is 2.48. The van der Waals surface area contributed by atoms with Crippen LogP contribution in [0.2, 0.25) is 0 Å². The topological polar surface area (TPSA) is 68.0 Å². The molecule has 0 saturated carbocycles. The standard InChI is InChI=1S/C8H18Cl4N3O3P/c9-1-5-14(6-2-10)17-19(13,16)18-15(7-3-11)8-4-12/h1-8H2,(H2,13,16). The summed E-state index contributed by atoms with van der Waals surface area (Å²) in [5.41, 5.74) is 5.50. The van der Waals surface area contributed by atoms with E-state index in [0.717, 1.165) is 0 Å². The highest BCUT2D eigenvalue weighted by Gasteiger charge is 2.26. The Kier molecular flexibility index (Phi) is 12.5. The number of halogens is 4. The highest BCUT2D eigenvalue weighted by atomic mass is 35.5. The van der Waals surface area contributed by atoms with Gasteiger partial charge in [-0.2, -0.15) is 10.1 Å². The molecular weight excluding hydrogens is 359 g/mol. The van der Waals surface area contributed by atoms with Crippen molar-refractivity contribution in [3.63, 3.8) is 0 Å². The molecule has 0 aliphatic carbocycles. The average Bonchev–Trinajstić information content (AvgIpc) is 2.29.